The predicted molar refractivity (Wildman–Crippen MR) is 124 cm³/mol. The van der Waals surface area contributed by atoms with E-state index >= 15 is 0 Å². The van der Waals surface area contributed by atoms with Gasteiger partial charge in [0.05, 0.1) is 0 Å². The van der Waals surface area contributed by atoms with Gasteiger partial charge in [0, 0.05) is 32.7 Å². The fraction of sp³-hybridized carbons (Fsp3) is 0.182. The Hall–Kier alpha value is -0.968. The van der Waals surface area contributed by atoms with Crippen LogP contribution >= 0.6 is 23.2 Å². The summed E-state index contributed by atoms with van der Waals surface area (Å²) in [6.45, 7) is 13.8. The summed E-state index contributed by atoms with van der Waals surface area (Å²) in [7, 11) is 0. The first kappa shape index (κ1) is 30.0. The average molecular weight is 701 g/mol. The van der Waals surface area contributed by atoms with Gasteiger partial charge in [-0.25, -0.2) is 0 Å². The van der Waals surface area contributed by atoms with Gasteiger partial charge in [0.1, 0.15) is 0 Å². The SMILES string of the molecule is CC.CC.[CH-]=C(Cl)C(=C(Cl)[CH]=[W])c1nc(-c2ccccc2)c(-c2ccnc([NH-])n2)[nH]1.[Y]. The van der Waals surface area contributed by atoms with Crippen molar-refractivity contribution in [2.75, 3.05) is 0 Å². The number of imidazole rings is 1. The van der Waals surface area contributed by atoms with Gasteiger partial charge < -0.3 is 0 Å². The molecule has 0 aliphatic carbocycles. The molecule has 0 aliphatic heterocycles. The number of aromatic nitrogens is 4. The third-order valence-electron chi connectivity index (χ3n) is 3.48. The molecule has 2 aromatic heterocycles. The normalized spacial score (nSPS) is 10.3. The monoisotopic (exact) mass is 700 g/mol. The van der Waals surface area contributed by atoms with Crippen LogP contribution in [0.1, 0.15) is 33.5 Å². The number of rotatable bonds is 5. The Bertz CT molecular complexity index is 1020. The Labute approximate surface area is 230 Å². The molecule has 3 rings (SSSR count). The number of H-pyrrole nitrogens is 1. The molecule has 0 spiro atoms. The summed E-state index contributed by atoms with van der Waals surface area (Å²) >= 11 is 13.5. The van der Waals surface area contributed by atoms with Crippen molar-refractivity contribution >= 4 is 39.1 Å². The van der Waals surface area contributed by atoms with E-state index in [1.54, 1.807) is 10.5 Å². The fourth-order valence-electron chi connectivity index (χ4n) is 2.38. The number of aromatic amines is 1. The van der Waals surface area contributed by atoms with Gasteiger partial charge in [-0.3, -0.25) is 0 Å². The summed E-state index contributed by atoms with van der Waals surface area (Å²) in [5.41, 5.74) is 10.8. The van der Waals surface area contributed by atoms with Crippen LogP contribution in [0.5, 0.6) is 0 Å². The van der Waals surface area contributed by atoms with Crippen molar-refractivity contribution in [1.82, 2.24) is 19.9 Å². The van der Waals surface area contributed by atoms with Crippen LogP contribution in [0, 0.1) is 6.58 Å². The van der Waals surface area contributed by atoms with Crippen LogP contribution < -0.4 is 0 Å². The van der Waals surface area contributed by atoms with Crippen molar-refractivity contribution in [1.29, 1.82) is 0 Å². The molecule has 0 amide bonds. The van der Waals surface area contributed by atoms with Crippen molar-refractivity contribution in [3.63, 3.8) is 0 Å². The smallest absolute Gasteiger partial charge is 0 e. The van der Waals surface area contributed by atoms with Crippen LogP contribution in [0.4, 0.5) is 5.95 Å². The van der Waals surface area contributed by atoms with Crippen LogP contribution in [0.2, 0.25) is 0 Å². The number of nitrogens with one attached hydrogen (secondary N) is 2. The topological polar surface area (TPSA) is 78.3 Å². The van der Waals surface area contributed by atoms with Gasteiger partial charge in [-0.05, 0) is 0 Å². The summed E-state index contributed by atoms with van der Waals surface area (Å²) in [4.78, 5) is 15.9. The Kier molecular flexibility index (Phi) is 15.3. The molecule has 3 aromatic rings. The molecule has 5 nitrogen and oxygen atoms in total. The first-order valence-corrected chi connectivity index (χ1v) is 11.8. The van der Waals surface area contributed by atoms with Gasteiger partial charge in [-0.15, -0.1) is 0 Å². The van der Waals surface area contributed by atoms with Crippen LogP contribution in [0.25, 0.3) is 34.0 Å². The van der Waals surface area contributed by atoms with E-state index in [-0.39, 0.29) is 43.7 Å². The largest absolute Gasteiger partial charge is 0 e. The Morgan fingerprint density at radius 2 is 1.68 bits per heavy atom. The number of nitrogens with zero attached hydrogens (tertiary/aromatic N) is 3. The minimum atomic E-state index is -0.0830. The molecule has 0 atom stereocenters. The maximum Gasteiger partial charge on any atom is 0 e. The fourth-order valence-corrected chi connectivity index (χ4v) is 3.23. The molecule has 1 radical (unpaired) electrons. The zero-order valence-corrected chi connectivity index (χ0v) is 25.1. The van der Waals surface area contributed by atoms with Gasteiger partial charge in [0.2, 0.25) is 0 Å². The van der Waals surface area contributed by atoms with Crippen LogP contribution in [-0.2, 0) is 52.1 Å². The summed E-state index contributed by atoms with van der Waals surface area (Å²) < 4.78 is 1.77. The number of allylic oxidation sites excluding steroid dienone is 3. The Balaban J connectivity index is 0.00000170. The third-order valence-corrected chi connectivity index (χ3v) is 5.33. The minimum absolute atomic E-state index is 0. The van der Waals surface area contributed by atoms with Gasteiger partial charge in [0.15, 0.2) is 0 Å². The van der Waals surface area contributed by atoms with Crippen LogP contribution in [0.15, 0.2) is 52.7 Å². The first-order chi connectivity index (χ1) is 14.5. The molecule has 0 saturated carbocycles. The van der Waals surface area contributed by atoms with Gasteiger partial charge in [0.25, 0.3) is 0 Å². The van der Waals surface area contributed by atoms with Crippen LogP contribution in [-0.4, -0.2) is 24.3 Å². The second-order valence-electron chi connectivity index (χ2n) is 5.13. The Morgan fingerprint density at radius 1 is 1.06 bits per heavy atom. The standard InChI is InChI=1S/C18H11Cl2N5.2C2H6.W.Y/c1-10(19)14(11(2)20)17-24-15(12-6-4-3-5-7-12)16(25-17)13-8-9-22-18(21)23-13;2*1-2;;/h1-9H,(H2-,21,22,23,24,25);2*1-2H3;;/q-2;;;;. The summed E-state index contributed by atoms with van der Waals surface area (Å²) in [5.74, 6) is 0.347. The summed E-state index contributed by atoms with van der Waals surface area (Å²) in [6.07, 6.45) is 1.52. The van der Waals surface area contributed by atoms with E-state index in [0.29, 0.717) is 33.5 Å². The second kappa shape index (κ2) is 15.8. The zero-order chi connectivity index (χ0) is 22.7. The molecular weight excluding hydrogens is 678 g/mol. The average Bonchev–Trinajstić information content (AvgIpc) is 3.21. The number of halogens is 2. The molecule has 2 N–H and O–H groups in total. The van der Waals surface area contributed by atoms with E-state index in [4.69, 9.17) is 35.5 Å². The van der Waals surface area contributed by atoms with Crippen LogP contribution in [0.3, 0.4) is 0 Å². The predicted octanol–water partition coefficient (Wildman–Crippen LogP) is 7.12. The molecule has 1 aromatic carbocycles. The van der Waals surface area contributed by atoms with Crippen molar-refractivity contribution in [2.45, 2.75) is 27.7 Å². The number of hydrogen-bond donors (Lipinski definition) is 1. The van der Waals surface area contributed by atoms with Gasteiger partial charge in [-0.2, -0.15) is 0 Å². The second-order valence-corrected chi connectivity index (χ2v) is 6.79. The first-order valence-electron chi connectivity index (χ1n) is 9.35. The van der Waals surface area contributed by atoms with Crippen molar-refractivity contribution in [2.24, 2.45) is 0 Å². The number of hydrogen-bond acceptors (Lipinski definition) is 3. The molecule has 0 saturated heterocycles. The minimum Gasteiger partial charge on any atom is 0 e. The summed E-state index contributed by atoms with van der Waals surface area (Å²) in [5, 5.41) is 0.451. The molecule has 0 fully saturated rings. The van der Waals surface area contributed by atoms with E-state index in [9.17, 15) is 0 Å². The third kappa shape index (κ3) is 8.15. The molecule has 2 heterocycles. The van der Waals surface area contributed by atoms with Gasteiger partial charge in [-0.1, -0.05) is 27.7 Å². The molecule has 31 heavy (non-hydrogen) atoms. The maximum atomic E-state index is 7.68. The van der Waals surface area contributed by atoms with Crippen molar-refractivity contribution in [3.05, 3.63) is 70.8 Å². The van der Waals surface area contributed by atoms with Crippen molar-refractivity contribution in [3.8, 4) is 22.6 Å². The molecular formula is C22H23Cl2N5WY-2. The molecule has 0 bridgehead atoms. The quantitative estimate of drug-likeness (QED) is 0.228. The van der Waals surface area contributed by atoms with E-state index < -0.39 is 0 Å². The van der Waals surface area contributed by atoms with E-state index in [0.717, 1.165) is 24.9 Å². The van der Waals surface area contributed by atoms with E-state index in [1.165, 1.54) is 6.20 Å². The van der Waals surface area contributed by atoms with E-state index in [2.05, 4.69) is 19.9 Å². The molecule has 9 heteroatoms. The van der Waals surface area contributed by atoms with Crippen molar-refractivity contribution < 1.29 is 52.1 Å². The Morgan fingerprint density at radius 3 is 2.19 bits per heavy atom. The van der Waals surface area contributed by atoms with E-state index in [1.807, 2.05) is 58.0 Å². The summed E-state index contributed by atoms with van der Waals surface area (Å²) in [6, 6.07) is 11.3. The van der Waals surface area contributed by atoms with Gasteiger partial charge >= 0.3 is 172 Å². The molecule has 161 valence electrons. The molecule has 0 unspecified atom stereocenters. The maximum absolute atomic E-state index is 7.68. The number of benzene rings is 1. The zero-order valence-electron chi connectivity index (χ0n) is 17.8. The molecule has 0 aliphatic rings.